The van der Waals surface area contributed by atoms with Gasteiger partial charge < -0.3 is 15.2 Å². The molecule has 0 bridgehead atoms. The number of primary amides is 1. The second-order valence-corrected chi connectivity index (χ2v) is 4.15. The number of methoxy groups -OCH3 is 1. The predicted octanol–water partition coefficient (Wildman–Crippen LogP) is 2.27. The average Bonchev–Trinajstić information content (AvgIpc) is 2.45. The minimum Gasteiger partial charge on any atom is -0.493 e. The van der Waals surface area contributed by atoms with Crippen molar-refractivity contribution >= 4 is 12.0 Å². The van der Waals surface area contributed by atoms with Gasteiger partial charge in [-0.3, -0.25) is 4.79 Å². The van der Waals surface area contributed by atoms with Crippen molar-refractivity contribution in [3.63, 3.8) is 0 Å². The number of nitrogens with two attached hydrogens (primary N) is 1. The topological polar surface area (TPSA) is 85.3 Å². The second-order valence-electron chi connectivity index (χ2n) is 4.15. The van der Waals surface area contributed by atoms with E-state index in [1.54, 1.807) is 24.3 Å². The molecule has 0 saturated heterocycles. The van der Waals surface area contributed by atoms with E-state index in [2.05, 4.69) is 6.92 Å². The first-order chi connectivity index (χ1) is 9.62. The van der Waals surface area contributed by atoms with E-state index < -0.39 is 5.91 Å². The van der Waals surface area contributed by atoms with Gasteiger partial charge in [0, 0.05) is 0 Å². The summed E-state index contributed by atoms with van der Waals surface area (Å²) in [5.74, 6) is 0.432. The maximum absolute atomic E-state index is 11.0. The predicted molar refractivity (Wildman–Crippen MR) is 76.2 cm³/mol. The molecular weight excluding hydrogens is 256 g/mol. The lowest BCUT2D eigenvalue weighted by atomic mass is 10.1. The number of carbonyl (C=O) groups is 1. The van der Waals surface area contributed by atoms with Crippen molar-refractivity contribution in [3.05, 3.63) is 29.3 Å². The average molecular weight is 274 g/mol. The summed E-state index contributed by atoms with van der Waals surface area (Å²) in [4.78, 5) is 11.0. The molecule has 1 aromatic carbocycles. The smallest absolute Gasteiger partial charge is 0.259 e. The third-order valence-electron chi connectivity index (χ3n) is 2.64. The van der Waals surface area contributed by atoms with Crippen LogP contribution in [0.4, 0.5) is 0 Å². The number of unbranched alkanes of at least 4 members (excludes halogenated alkanes) is 1. The molecule has 106 valence electrons. The quantitative estimate of drug-likeness (QED) is 0.469. The molecule has 0 aliphatic heterocycles. The minimum absolute atomic E-state index is 0.105. The number of hydrogen-bond acceptors (Lipinski definition) is 4. The van der Waals surface area contributed by atoms with Crippen LogP contribution in [0.15, 0.2) is 23.8 Å². The highest BCUT2D eigenvalue weighted by molar-refractivity contribution is 6.00. The number of ether oxygens (including phenoxy) is 2. The molecule has 1 rings (SSSR count). The SMILES string of the molecule is CCCCOc1ccc(/C=C(\C#N)C(N)=O)cc1OC. The molecule has 0 radical (unpaired) electrons. The summed E-state index contributed by atoms with van der Waals surface area (Å²) < 4.78 is 10.8. The number of nitriles is 1. The van der Waals surface area contributed by atoms with Crippen LogP contribution in [0, 0.1) is 11.3 Å². The molecule has 0 aromatic heterocycles. The Morgan fingerprint density at radius 2 is 2.20 bits per heavy atom. The number of hydrogen-bond donors (Lipinski definition) is 1. The van der Waals surface area contributed by atoms with Crippen LogP contribution in [0.5, 0.6) is 11.5 Å². The lowest BCUT2D eigenvalue weighted by Gasteiger charge is -2.11. The molecule has 5 nitrogen and oxygen atoms in total. The Labute approximate surface area is 118 Å². The summed E-state index contributed by atoms with van der Waals surface area (Å²) in [6.45, 7) is 2.70. The van der Waals surface area contributed by atoms with E-state index in [4.69, 9.17) is 20.5 Å². The summed E-state index contributed by atoms with van der Waals surface area (Å²) in [6.07, 6.45) is 3.43. The molecule has 0 aliphatic carbocycles. The summed E-state index contributed by atoms with van der Waals surface area (Å²) >= 11 is 0. The van der Waals surface area contributed by atoms with Crippen molar-refractivity contribution in [2.75, 3.05) is 13.7 Å². The Morgan fingerprint density at radius 3 is 2.75 bits per heavy atom. The zero-order valence-corrected chi connectivity index (χ0v) is 11.7. The van der Waals surface area contributed by atoms with E-state index >= 15 is 0 Å². The summed E-state index contributed by atoms with van der Waals surface area (Å²) in [5.41, 5.74) is 5.64. The molecular formula is C15H18N2O3. The van der Waals surface area contributed by atoms with Crippen molar-refractivity contribution in [2.45, 2.75) is 19.8 Å². The summed E-state index contributed by atoms with van der Waals surface area (Å²) in [7, 11) is 1.54. The maximum atomic E-state index is 11.0. The van der Waals surface area contributed by atoms with Gasteiger partial charge in [0.1, 0.15) is 11.6 Å². The molecule has 5 heteroatoms. The Balaban J connectivity index is 2.98. The van der Waals surface area contributed by atoms with Gasteiger partial charge in [-0.1, -0.05) is 19.4 Å². The fourth-order valence-electron chi connectivity index (χ4n) is 1.54. The zero-order chi connectivity index (χ0) is 15.0. The van der Waals surface area contributed by atoms with Gasteiger partial charge in [0.05, 0.1) is 13.7 Å². The highest BCUT2D eigenvalue weighted by atomic mass is 16.5. The number of carbonyl (C=O) groups excluding carboxylic acids is 1. The molecule has 0 fully saturated rings. The summed E-state index contributed by atoms with van der Waals surface area (Å²) in [5, 5.41) is 8.81. The maximum Gasteiger partial charge on any atom is 0.259 e. The van der Waals surface area contributed by atoms with Crippen molar-refractivity contribution in [1.29, 1.82) is 5.26 Å². The highest BCUT2D eigenvalue weighted by Crippen LogP contribution is 2.29. The van der Waals surface area contributed by atoms with Gasteiger partial charge in [0.2, 0.25) is 0 Å². The Kier molecular flexibility index (Phi) is 6.11. The first-order valence-corrected chi connectivity index (χ1v) is 6.34. The lowest BCUT2D eigenvalue weighted by Crippen LogP contribution is -2.12. The molecule has 0 aliphatic rings. The van der Waals surface area contributed by atoms with Gasteiger partial charge in [0.15, 0.2) is 11.5 Å². The van der Waals surface area contributed by atoms with Gasteiger partial charge in [-0.15, -0.1) is 0 Å². The molecule has 2 N–H and O–H groups in total. The fourth-order valence-corrected chi connectivity index (χ4v) is 1.54. The van der Waals surface area contributed by atoms with E-state index in [-0.39, 0.29) is 5.57 Å². The fraction of sp³-hybridized carbons (Fsp3) is 0.333. The molecule has 1 aromatic rings. The Bertz CT molecular complexity index is 545. The van der Waals surface area contributed by atoms with E-state index in [0.29, 0.717) is 23.7 Å². The van der Waals surface area contributed by atoms with Crippen molar-refractivity contribution in [3.8, 4) is 17.6 Å². The zero-order valence-electron chi connectivity index (χ0n) is 11.7. The van der Waals surface area contributed by atoms with Gasteiger partial charge in [-0.2, -0.15) is 5.26 Å². The van der Waals surface area contributed by atoms with Gasteiger partial charge in [-0.05, 0) is 30.2 Å². The lowest BCUT2D eigenvalue weighted by molar-refractivity contribution is -0.114. The van der Waals surface area contributed by atoms with Crippen LogP contribution in [0.3, 0.4) is 0 Å². The second kappa shape index (κ2) is 7.85. The van der Waals surface area contributed by atoms with E-state index in [1.807, 2.05) is 0 Å². The van der Waals surface area contributed by atoms with Crippen LogP contribution < -0.4 is 15.2 Å². The van der Waals surface area contributed by atoms with Crippen LogP contribution in [-0.4, -0.2) is 19.6 Å². The Hall–Kier alpha value is -2.48. The number of benzene rings is 1. The molecule has 0 heterocycles. The number of rotatable bonds is 7. The van der Waals surface area contributed by atoms with Crippen molar-refractivity contribution in [2.24, 2.45) is 5.73 Å². The standard InChI is InChI=1S/C15H18N2O3/c1-3-4-7-20-13-6-5-11(9-14(13)19-2)8-12(10-16)15(17)18/h5-6,8-9H,3-4,7H2,1-2H3,(H2,17,18)/b12-8+. The highest BCUT2D eigenvalue weighted by Gasteiger charge is 2.07. The van der Waals surface area contributed by atoms with E-state index in [9.17, 15) is 4.79 Å². The minimum atomic E-state index is -0.755. The van der Waals surface area contributed by atoms with Crippen LogP contribution in [0.1, 0.15) is 25.3 Å². The first-order valence-electron chi connectivity index (χ1n) is 6.34. The Morgan fingerprint density at radius 1 is 1.45 bits per heavy atom. The van der Waals surface area contributed by atoms with Crippen LogP contribution in [-0.2, 0) is 4.79 Å². The van der Waals surface area contributed by atoms with Crippen LogP contribution >= 0.6 is 0 Å². The van der Waals surface area contributed by atoms with Crippen molar-refractivity contribution < 1.29 is 14.3 Å². The van der Waals surface area contributed by atoms with E-state index in [1.165, 1.54) is 13.2 Å². The normalized spacial score (nSPS) is 10.8. The van der Waals surface area contributed by atoms with Crippen molar-refractivity contribution in [1.82, 2.24) is 0 Å². The molecule has 0 atom stereocenters. The first kappa shape index (κ1) is 15.6. The van der Waals surface area contributed by atoms with E-state index in [0.717, 1.165) is 12.8 Å². The number of amides is 1. The largest absolute Gasteiger partial charge is 0.493 e. The molecule has 0 saturated carbocycles. The molecule has 20 heavy (non-hydrogen) atoms. The van der Waals surface area contributed by atoms with Crippen LogP contribution in [0.2, 0.25) is 0 Å². The third-order valence-corrected chi connectivity index (χ3v) is 2.64. The monoisotopic (exact) mass is 274 g/mol. The van der Waals surface area contributed by atoms with Crippen LogP contribution in [0.25, 0.3) is 6.08 Å². The molecule has 0 spiro atoms. The van der Waals surface area contributed by atoms with Gasteiger partial charge in [-0.25, -0.2) is 0 Å². The summed E-state index contributed by atoms with van der Waals surface area (Å²) in [6, 6.07) is 6.94. The van der Waals surface area contributed by atoms with Gasteiger partial charge in [0.25, 0.3) is 5.91 Å². The number of nitrogens with zero attached hydrogens (tertiary/aromatic N) is 1. The van der Waals surface area contributed by atoms with Gasteiger partial charge >= 0.3 is 0 Å². The molecule has 1 amide bonds. The molecule has 0 unspecified atom stereocenters. The third kappa shape index (κ3) is 4.32.